The van der Waals surface area contributed by atoms with Gasteiger partial charge in [0.05, 0.1) is 6.54 Å². The molecule has 1 amide bonds. The Hall–Kier alpha value is -3.69. The summed E-state index contributed by atoms with van der Waals surface area (Å²) in [5.41, 5.74) is -1.05. The normalized spacial score (nSPS) is 16.4. The van der Waals surface area contributed by atoms with Gasteiger partial charge in [-0.15, -0.1) is 0 Å². The number of β-amino-alcohol motifs (C(OH)–C–C–N with tert-alkyl or cyclic N) is 1. The molecule has 4 aromatic rings. The van der Waals surface area contributed by atoms with Gasteiger partial charge in [0.25, 0.3) is 5.91 Å². The van der Waals surface area contributed by atoms with E-state index in [9.17, 15) is 18.7 Å². The standard InChI is InChI=1S/C26H25F2N5O2/c27-22-7-8-23(24(28)14-22)26(35,16-33-18-29-17-30-33)15-31-9-11-32(12-10-31)25(34)21-6-5-19-3-1-2-4-20(19)13-21/h1-8,13-14,17-18,35H,9-12,15-16H2. The van der Waals surface area contributed by atoms with E-state index < -0.39 is 17.2 Å². The molecule has 7 nitrogen and oxygen atoms in total. The molecule has 0 saturated carbocycles. The van der Waals surface area contributed by atoms with Gasteiger partial charge in [0.1, 0.15) is 29.9 Å². The van der Waals surface area contributed by atoms with E-state index in [1.54, 1.807) is 4.90 Å². The molecule has 2 heterocycles. The predicted molar refractivity (Wildman–Crippen MR) is 127 cm³/mol. The van der Waals surface area contributed by atoms with Gasteiger partial charge in [-0.05, 0) is 29.0 Å². The summed E-state index contributed by atoms with van der Waals surface area (Å²) < 4.78 is 29.6. The van der Waals surface area contributed by atoms with Crippen molar-refractivity contribution in [3.8, 4) is 0 Å². The number of rotatable bonds is 6. The van der Waals surface area contributed by atoms with Crippen molar-refractivity contribution >= 4 is 16.7 Å². The van der Waals surface area contributed by atoms with E-state index in [4.69, 9.17) is 0 Å². The van der Waals surface area contributed by atoms with E-state index in [1.165, 1.54) is 23.4 Å². The highest BCUT2D eigenvalue weighted by molar-refractivity contribution is 5.98. The summed E-state index contributed by atoms with van der Waals surface area (Å²) in [5, 5.41) is 17.7. The molecular formula is C26H25F2N5O2. The van der Waals surface area contributed by atoms with Crippen molar-refractivity contribution in [3.63, 3.8) is 0 Å². The highest BCUT2D eigenvalue weighted by atomic mass is 19.1. The summed E-state index contributed by atoms with van der Waals surface area (Å²) in [4.78, 5) is 20.8. The first-order chi connectivity index (χ1) is 16.9. The maximum atomic E-state index is 14.7. The number of aromatic nitrogens is 3. The van der Waals surface area contributed by atoms with Crippen LogP contribution in [0.3, 0.4) is 0 Å². The molecule has 1 saturated heterocycles. The van der Waals surface area contributed by atoms with E-state index in [-0.39, 0.29) is 24.6 Å². The Morgan fingerprint density at radius 2 is 1.71 bits per heavy atom. The second-order valence-corrected chi connectivity index (χ2v) is 8.88. The third-order valence-electron chi connectivity index (χ3n) is 6.46. The Morgan fingerprint density at radius 3 is 2.43 bits per heavy atom. The number of carbonyl (C=O) groups excluding carboxylic acids is 1. The van der Waals surface area contributed by atoms with E-state index >= 15 is 0 Å². The van der Waals surface area contributed by atoms with Crippen LogP contribution in [0.2, 0.25) is 0 Å². The molecule has 180 valence electrons. The maximum Gasteiger partial charge on any atom is 0.253 e. The van der Waals surface area contributed by atoms with Gasteiger partial charge in [0.15, 0.2) is 0 Å². The molecule has 0 aliphatic carbocycles. The van der Waals surface area contributed by atoms with Gasteiger partial charge in [-0.3, -0.25) is 9.69 Å². The third-order valence-corrected chi connectivity index (χ3v) is 6.46. The number of piperazine rings is 1. The number of benzene rings is 3. The van der Waals surface area contributed by atoms with Gasteiger partial charge in [-0.25, -0.2) is 18.4 Å². The fraction of sp³-hybridized carbons (Fsp3) is 0.269. The van der Waals surface area contributed by atoms with E-state index in [0.29, 0.717) is 31.7 Å². The molecule has 1 aliphatic rings. The van der Waals surface area contributed by atoms with Gasteiger partial charge in [-0.2, -0.15) is 5.10 Å². The number of amides is 1. The molecule has 0 radical (unpaired) electrons. The van der Waals surface area contributed by atoms with Crippen molar-refractivity contribution in [2.75, 3.05) is 32.7 Å². The lowest BCUT2D eigenvalue weighted by Crippen LogP contribution is -2.53. The SMILES string of the molecule is O=C(c1ccc2ccccc2c1)N1CCN(CC(O)(Cn2cncn2)c2ccc(F)cc2F)CC1. The van der Waals surface area contributed by atoms with Gasteiger partial charge < -0.3 is 10.0 Å². The van der Waals surface area contributed by atoms with Crippen LogP contribution in [0.5, 0.6) is 0 Å². The minimum atomic E-state index is -1.67. The molecule has 3 aromatic carbocycles. The highest BCUT2D eigenvalue weighted by Crippen LogP contribution is 2.28. The number of hydrogen-bond donors (Lipinski definition) is 1. The first-order valence-corrected chi connectivity index (χ1v) is 11.4. The first kappa shape index (κ1) is 23.1. The van der Waals surface area contributed by atoms with Crippen LogP contribution in [-0.2, 0) is 12.1 Å². The number of aliphatic hydroxyl groups is 1. The number of fused-ring (bicyclic) bond motifs is 1. The molecule has 1 N–H and O–H groups in total. The zero-order valence-electron chi connectivity index (χ0n) is 19.0. The largest absolute Gasteiger partial charge is 0.382 e. The number of hydrogen-bond acceptors (Lipinski definition) is 5. The molecule has 1 aromatic heterocycles. The summed E-state index contributed by atoms with van der Waals surface area (Å²) in [6.45, 7) is 1.98. The zero-order chi connectivity index (χ0) is 24.4. The number of nitrogens with zero attached hydrogens (tertiary/aromatic N) is 5. The smallest absolute Gasteiger partial charge is 0.253 e. The Labute approximate surface area is 201 Å². The molecule has 5 rings (SSSR count). The highest BCUT2D eigenvalue weighted by Gasteiger charge is 2.36. The first-order valence-electron chi connectivity index (χ1n) is 11.4. The molecule has 9 heteroatoms. The van der Waals surface area contributed by atoms with Crippen LogP contribution < -0.4 is 0 Å². The summed E-state index contributed by atoms with van der Waals surface area (Å²) in [7, 11) is 0. The molecule has 1 aliphatic heterocycles. The number of halogens is 2. The molecule has 1 unspecified atom stereocenters. The molecule has 35 heavy (non-hydrogen) atoms. The lowest BCUT2D eigenvalue weighted by atomic mass is 9.92. The van der Waals surface area contributed by atoms with Gasteiger partial charge in [-0.1, -0.05) is 36.4 Å². The minimum Gasteiger partial charge on any atom is -0.382 e. The quantitative estimate of drug-likeness (QED) is 0.462. The lowest BCUT2D eigenvalue weighted by molar-refractivity contribution is -0.0302. The van der Waals surface area contributed by atoms with Crippen molar-refractivity contribution in [2.45, 2.75) is 12.1 Å². The van der Waals surface area contributed by atoms with Gasteiger partial charge >= 0.3 is 0 Å². The van der Waals surface area contributed by atoms with Crippen LogP contribution in [0.1, 0.15) is 15.9 Å². The molecule has 0 bridgehead atoms. The summed E-state index contributed by atoms with van der Waals surface area (Å²) >= 11 is 0. The van der Waals surface area contributed by atoms with Crippen molar-refractivity contribution in [3.05, 3.63) is 96.1 Å². The van der Waals surface area contributed by atoms with Crippen molar-refractivity contribution in [1.82, 2.24) is 24.6 Å². The lowest BCUT2D eigenvalue weighted by Gasteiger charge is -2.39. The van der Waals surface area contributed by atoms with Crippen LogP contribution in [-0.4, -0.2) is 68.3 Å². The van der Waals surface area contributed by atoms with Crippen LogP contribution in [0.15, 0.2) is 73.3 Å². The van der Waals surface area contributed by atoms with E-state index in [1.807, 2.05) is 47.4 Å². The van der Waals surface area contributed by atoms with Crippen molar-refractivity contribution in [1.29, 1.82) is 0 Å². The molecular weight excluding hydrogens is 452 g/mol. The summed E-state index contributed by atoms with van der Waals surface area (Å²) in [6.07, 6.45) is 2.77. The second kappa shape index (κ2) is 9.52. The topological polar surface area (TPSA) is 74.5 Å². The summed E-state index contributed by atoms with van der Waals surface area (Å²) in [5.74, 6) is -1.58. The monoisotopic (exact) mass is 477 g/mol. The average molecular weight is 478 g/mol. The molecule has 0 spiro atoms. The van der Waals surface area contributed by atoms with E-state index in [2.05, 4.69) is 10.1 Å². The zero-order valence-corrected chi connectivity index (χ0v) is 19.0. The Balaban J connectivity index is 1.30. The van der Waals surface area contributed by atoms with Gasteiger partial charge in [0, 0.05) is 49.9 Å². The van der Waals surface area contributed by atoms with Crippen LogP contribution in [0, 0.1) is 11.6 Å². The van der Waals surface area contributed by atoms with Crippen LogP contribution in [0.25, 0.3) is 10.8 Å². The van der Waals surface area contributed by atoms with Crippen molar-refractivity contribution in [2.24, 2.45) is 0 Å². The average Bonchev–Trinajstić information content (AvgIpc) is 3.36. The van der Waals surface area contributed by atoms with E-state index in [0.717, 1.165) is 22.9 Å². The number of carbonyl (C=O) groups is 1. The van der Waals surface area contributed by atoms with Crippen LogP contribution >= 0.6 is 0 Å². The Bertz CT molecular complexity index is 1340. The summed E-state index contributed by atoms with van der Waals surface area (Å²) in [6, 6.07) is 16.7. The molecule has 1 fully saturated rings. The fourth-order valence-corrected chi connectivity index (χ4v) is 4.65. The second-order valence-electron chi connectivity index (χ2n) is 8.88. The predicted octanol–water partition coefficient (Wildman–Crippen LogP) is 3.06. The Morgan fingerprint density at radius 1 is 0.943 bits per heavy atom. The van der Waals surface area contributed by atoms with Crippen molar-refractivity contribution < 1.29 is 18.7 Å². The Kier molecular flexibility index (Phi) is 6.27. The van der Waals surface area contributed by atoms with Gasteiger partial charge in [0.2, 0.25) is 0 Å². The van der Waals surface area contributed by atoms with Crippen LogP contribution in [0.4, 0.5) is 8.78 Å². The minimum absolute atomic E-state index is 0.0101. The maximum absolute atomic E-state index is 14.7. The molecule has 1 atom stereocenters. The fourth-order valence-electron chi connectivity index (χ4n) is 4.65. The third kappa shape index (κ3) is 4.91.